The minimum atomic E-state index is -0.469. The van der Waals surface area contributed by atoms with Gasteiger partial charge in [0.05, 0.1) is 18.3 Å². The van der Waals surface area contributed by atoms with Crippen LogP contribution in [-0.2, 0) is 16.6 Å². The zero-order valence-corrected chi connectivity index (χ0v) is 14.4. The minimum absolute atomic E-state index is 0.0270. The lowest BCUT2D eigenvalue weighted by atomic mass is 10.1. The number of urea groups is 1. The number of nitrogens with zero attached hydrogens (tertiary/aromatic N) is 3. The lowest BCUT2D eigenvalue weighted by Crippen LogP contribution is -2.32. The van der Waals surface area contributed by atoms with Crippen LogP contribution < -0.4 is 15.5 Å². The van der Waals surface area contributed by atoms with E-state index in [1.165, 1.54) is 4.90 Å². The number of aromatic nitrogens is 2. The van der Waals surface area contributed by atoms with Crippen LogP contribution in [0.15, 0.2) is 36.5 Å². The number of methoxy groups -OCH3 is 1. The second-order valence-corrected chi connectivity index (χ2v) is 5.85. The number of nitrogens with one attached hydrogen (secondary N) is 2. The first-order chi connectivity index (χ1) is 12.5. The molecule has 9 heteroatoms. The summed E-state index contributed by atoms with van der Waals surface area (Å²) in [6.07, 6.45) is 1.65. The average molecular weight is 357 g/mol. The van der Waals surface area contributed by atoms with E-state index in [9.17, 15) is 14.4 Å². The molecule has 2 heterocycles. The summed E-state index contributed by atoms with van der Waals surface area (Å²) in [5, 5.41) is 9.23. The Balaban J connectivity index is 1.72. The third kappa shape index (κ3) is 3.57. The van der Waals surface area contributed by atoms with Gasteiger partial charge in [-0.1, -0.05) is 0 Å². The molecule has 0 bridgehead atoms. The predicted molar refractivity (Wildman–Crippen MR) is 92.6 cm³/mol. The first-order valence-electron chi connectivity index (χ1n) is 7.98. The van der Waals surface area contributed by atoms with Crippen LogP contribution in [0, 0.1) is 0 Å². The van der Waals surface area contributed by atoms with E-state index >= 15 is 0 Å². The average Bonchev–Trinajstić information content (AvgIpc) is 3.19. The molecule has 0 saturated carbocycles. The van der Waals surface area contributed by atoms with Crippen molar-refractivity contribution in [3.63, 3.8) is 0 Å². The second-order valence-electron chi connectivity index (χ2n) is 5.85. The van der Waals surface area contributed by atoms with Crippen LogP contribution in [0.4, 0.5) is 10.5 Å². The van der Waals surface area contributed by atoms with Gasteiger partial charge in [-0.3, -0.25) is 24.5 Å². The van der Waals surface area contributed by atoms with E-state index in [2.05, 4.69) is 15.7 Å². The Kier molecular flexibility index (Phi) is 4.99. The molecule has 0 radical (unpaired) electrons. The molecular weight excluding hydrogens is 338 g/mol. The fraction of sp³-hybridized carbons (Fsp3) is 0.294. The first kappa shape index (κ1) is 17.6. The Hall–Kier alpha value is -3.20. The molecule has 26 heavy (non-hydrogen) atoms. The summed E-state index contributed by atoms with van der Waals surface area (Å²) < 4.78 is 6.87. The standard InChI is InChI=1S/C17H19N5O4/c1-21-14(7-8-18-21)13(10-26-2)19-16(24)11-3-5-12(6-4-11)22-9-15(23)20-17(22)25/h3-8,13H,9-10H2,1-2H3,(H,19,24)(H,20,23,25). The predicted octanol–water partition coefficient (Wildman–Crippen LogP) is 0.594. The second kappa shape index (κ2) is 7.36. The molecule has 0 aliphatic carbocycles. The number of amides is 4. The summed E-state index contributed by atoms with van der Waals surface area (Å²) in [6, 6.07) is 7.47. The number of carbonyl (C=O) groups is 3. The van der Waals surface area contributed by atoms with Crippen LogP contribution in [0.25, 0.3) is 0 Å². The van der Waals surface area contributed by atoms with Gasteiger partial charge >= 0.3 is 6.03 Å². The highest BCUT2D eigenvalue weighted by Gasteiger charge is 2.28. The highest BCUT2D eigenvalue weighted by Crippen LogP contribution is 2.19. The van der Waals surface area contributed by atoms with Crippen molar-refractivity contribution in [3.8, 4) is 0 Å². The number of hydrogen-bond acceptors (Lipinski definition) is 5. The van der Waals surface area contributed by atoms with E-state index in [0.717, 1.165) is 5.69 Å². The molecule has 2 N–H and O–H groups in total. The van der Waals surface area contributed by atoms with Crippen LogP contribution in [0.2, 0.25) is 0 Å². The highest BCUT2D eigenvalue weighted by molar-refractivity contribution is 6.12. The van der Waals surface area contributed by atoms with E-state index < -0.39 is 6.03 Å². The number of benzene rings is 1. The number of anilines is 1. The van der Waals surface area contributed by atoms with Crippen molar-refractivity contribution in [1.29, 1.82) is 0 Å². The zero-order chi connectivity index (χ0) is 18.7. The maximum absolute atomic E-state index is 12.5. The van der Waals surface area contributed by atoms with Gasteiger partial charge in [-0.25, -0.2) is 4.79 Å². The molecule has 1 unspecified atom stereocenters. The van der Waals surface area contributed by atoms with E-state index in [0.29, 0.717) is 17.9 Å². The molecule has 1 aromatic heterocycles. The summed E-state index contributed by atoms with van der Waals surface area (Å²) in [7, 11) is 3.36. The molecule has 1 aromatic carbocycles. The topological polar surface area (TPSA) is 106 Å². The fourth-order valence-corrected chi connectivity index (χ4v) is 2.78. The quantitative estimate of drug-likeness (QED) is 0.736. The molecule has 2 aromatic rings. The summed E-state index contributed by atoms with van der Waals surface area (Å²) in [5.74, 6) is -0.628. The molecule has 0 spiro atoms. The molecule has 1 aliphatic heterocycles. The van der Waals surface area contributed by atoms with Crippen LogP contribution in [0.3, 0.4) is 0 Å². The van der Waals surface area contributed by atoms with Gasteiger partial charge in [0.1, 0.15) is 6.54 Å². The van der Waals surface area contributed by atoms with Crippen molar-refractivity contribution in [1.82, 2.24) is 20.4 Å². The third-order valence-corrected chi connectivity index (χ3v) is 4.09. The molecule has 136 valence electrons. The fourth-order valence-electron chi connectivity index (χ4n) is 2.78. The minimum Gasteiger partial charge on any atom is -0.382 e. The van der Waals surface area contributed by atoms with E-state index in [4.69, 9.17) is 4.74 Å². The molecule has 4 amide bonds. The zero-order valence-electron chi connectivity index (χ0n) is 14.4. The van der Waals surface area contributed by atoms with Crippen molar-refractivity contribution >= 4 is 23.5 Å². The first-order valence-corrected chi connectivity index (χ1v) is 7.98. The summed E-state index contributed by atoms with van der Waals surface area (Å²) in [4.78, 5) is 36.8. The highest BCUT2D eigenvalue weighted by atomic mass is 16.5. The molecular formula is C17H19N5O4. The molecule has 9 nitrogen and oxygen atoms in total. The van der Waals surface area contributed by atoms with Gasteiger partial charge in [-0.05, 0) is 30.3 Å². The van der Waals surface area contributed by atoms with E-state index in [-0.39, 0.29) is 24.4 Å². The third-order valence-electron chi connectivity index (χ3n) is 4.09. The molecule has 1 aliphatic rings. The molecule has 1 saturated heterocycles. The van der Waals surface area contributed by atoms with Crippen molar-refractivity contribution in [2.24, 2.45) is 7.05 Å². The number of ether oxygens (including phenoxy) is 1. The Labute approximate surface area is 149 Å². The summed E-state index contributed by atoms with van der Waals surface area (Å²) in [5.41, 5.74) is 1.80. The van der Waals surface area contributed by atoms with Gasteiger partial charge in [-0.2, -0.15) is 5.10 Å². The normalized spacial score (nSPS) is 15.1. The number of rotatable bonds is 6. The van der Waals surface area contributed by atoms with Gasteiger partial charge in [0, 0.05) is 31.6 Å². The van der Waals surface area contributed by atoms with Gasteiger partial charge in [0.15, 0.2) is 0 Å². The van der Waals surface area contributed by atoms with E-state index in [1.807, 2.05) is 6.07 Å². The Morgan fingerprint density at radius 1 is 1.31 bits per heavy atom. The monoisotopic (exact) mass is 357 g/mol. The Bertz CT molecular complexity index is 830. The summed E-state index contributed by atoms with van der Waals surface area (Å²) in [6.45, 7) is 0.278. The van der Waals surface area contributed by atoms with E-state index in [1.54, 1.807) is 49.3 Å². The van der Waals surface area contributed by atoms with Crippen LogP contribution in [-0.4, -0.2) is 47.9 Å². The number of aryl methyl sites for hydroxylation is 1. The number of carbonyl (C=O) groups excluding carboxylic acids is 3. The Morgan fingerprint density at radius 3 is 2.58 bits per heavy atom. The van der Waals surface area contributed by atoms with Crippen molar-refractivity contribution in [2.45, 2.75) is 6.04 Å². The maximum atomic E-state index is 12.5. The number of imide groups is 1. The van der Waals surface area contributed by atoms with Crippen molar-refractivity contribution in [2.75, 3.05) is 25.2 Å². The molecule has 1 atom stereocenters. The maximum Gasteiger partial charge on any atom is 0.329 e. The number of hydrogen-bond donors (Lipinski definition) is 2. The smallest absolute Gasteiger partial charge is 0.329 e. The molecule has 1 fully saturated rings. The molecule has 3 rings (SSSR count). The van der Waals surface area contributed by atoms with Crippen molar-refractivity contribution < 1.29 is 19.1 Å². The van der Waals surface area contributed by atoms with Crippen LogP contribution in [0.1, 0.15) is 22.1 Å². The summed E-state index contributed by atoms with van der Waals surface area (Å²) >= 11 is 0. The van der Waals surface area contributed by atoms with Crippen LogP contribution in [0.5, 0.6) is 0 Å². The lowest BCUT2D eigenvalue weighted by Gasteiger charge is -2.19. The van der Waals surface area contributed by atoms with Gasteiger partial charge in [0.2, 0.25) is 5.91 Å². The largest absolute Gasteiger partial charge is 0.382 e. The van der Waals surface area contributed by atoms with Crippen LogP contribution >= 0.6 is 0 Å². The van der Waals surface area contributed by atoms with Crippen molar-refractivity contribution in [3.05, 3.63) is 47.8 Å². The van der Waals surface area contributed by atoms with Gasteiger partial charge in [0.25, 0.3) is 5.91 Å². The lowest BCUT2D eigenvalue weighted by molar-refractivity contribution is -0.117. The SMILES string of the molecule is COCC(NC(=O)c1ccc(N2CC(=O)NC2=O)cc1)c1ccnn1C. The van der Waals surface area contributed by atoms with Gasteiger partial charge < -0.3 is 10.1 Å². The van der Waals surface area contributed by atoms with Gasteiger partial charge in [-0.15, -0.1) is 0 Å². The Morgan fingerprint density at radius 2 is 2.04 bits per heavy atom.